The maximum atomic E-state index is 13.2. The highest BCUT2D eigenvalue weighted by Crippen LogP contribution is 2.31. The van der Waals surface area contributed by atoms with Gasteiger partial charge in [-0.1, -0.05) is 12.1 Å². The third-order valence-corrected chi connectivity index (χ3v) is 4.48. The minimum atomic E-state index is -0.287. The smallest absolute Gasteiger partial charge is 0.220 e. The number of hydrogen-bond acceptors (Lipinski definition) is 3. The predicted octanol–water partition coefficient (Wildman–Crippen LogP) is 4.70. The number of aryl methyl sites for hydroxylation is 2. The number of rotatable bonds is 6. The Kier molecular flexibility index (Phi) is 5.26. The van der Waals surface area contributed by atoms with Crippen molar-refractivity contribution in [2.75, 3.05) is 7.11 Å². The fourth-order valence-corrected chi connectivity index (χ4v) is 3.09. The second-order valence-electron chi connectivity index (χ2n) is 6.37. The van der Waals surface area contributed by atoms with E-state index in [1.165, 1.54) is 12.1 Å². The number of methoxy groups -OCH3 is 1. The number of furan rings is 1. The molecular formula is C21H22FNO3. The Morgan fingerprint density at radius 3 is 2.81 bits per heavy atom. The monoisotopic (exact) mass is 355 g/mol. The van der Waals surface area contributed by atoms with E-state index in [0.29, 0.717) is 12.8 Å². The van der Waals surface area contributed by atoms with E-state index in [4.69, 9.17) is 9.15 Å². The lowest BCUT2D eigenvalue weighted by atomic mass is 10.1. The second-order valence-corrected chi connectivity index (χ2v) is 6.37. The molecule has 4 nitrogen and oxygen atoms in total. The molecule has 0 aliphatic carbocycles. The van der Waals surface area contributed by atoms with Crippen LogP contribution < -0.4 is 10.1 Å². The van der Waals surface area contributed by atoms with Gasteiger partial charge in [0.1, 0.15) is 22.9 Å². The summed E-state index contributed by atoms with van der Waals surface area (Å²) in [5.74, 6) is 1.11. The molecule has 1 aromatic heterocycles. The summed E-state index contributed by atoms with van der Waals surface area (Å²) in [6.07, 6.45) is 0.785. The Labute approximate surface area is 152 Å². The van der Waals surface area contributed by atoms with Crippen molar-refractivity contribution in [3.63, 3.8) is 0 Å². The van der Waals surface area contributed by atoms with Gasteiger partial charge in [-0.25, -0.2) is 4.39 Å². The molecule has 3 rings (SSSR count). The van der Waals surface area contributed by atoms with Gasteiger partial charge in [0.25, 0.3) is 0 Å². The SMILES string of the molecule is COc1ccc2oc(C(C)NC(=O)CCc3cccc(F)c3)c(C)c2c1. The Morgan fingerprint density at radius 1 is 1.27 bits per heavy atom. The molecule has 5 heteroatoms. The predicted molar refractivity (Wildman–Crippen MR) is 98.8 cm³/mol. The van der Waals surface area contributed by atoms with Crippen LogP contribution in [0, 0.1) is 12.7 Å². The van der Waals surface area contributed by atoms with Gasteiger partial charge in [0.2, 0.25) is 5.91 Å². The van der Waals surface area contributed by atoms with Gasteiger partial charge in [0.15, 0.2) is 0 Å². The number of amides is 1. The average Bonchev–Trinajstić information content (AvgIpc) is 2.96. The molecule has 1 unspecified atom stereocenters. The molecule has 136 valence electrons. The van der Waals surface area contributed by atoms with Crippen LogP contribution in [0.5, 0.6) is 5.75 Å². The molecular weight excluding hydrogens is 333 g/mol. The maximum Gasteiger partial charge on any atom is 0.220 e. The third-order valence-electron chi connectivity index (χ3n) is 4.48. The number of halogens is 1. The number of carbonyl (C=O) groups is 1. The first-order valence-electron chi connectivity index (χ1n) is 8.58. The first-order chi connectivity index (χ1) is 12.5. The summed E-state index contributed by atoms with van der Waals surface area (Å²) in [4.78, 5) is 12.2. The summed E-state index contributed by atoms with van der Waals surface area (Å²) >= 11 is 0. The lowest BCUT2D eigenvalue weighted by molar-refractivity contribution is -0.121. The molecule has 26 heavy (non-hydrogen) atoms. The second kappa shape index (κ2) is 7.60. The summed E-state index contributed by atoms with van der Waals surface area (Å²) in [5, 5.41) is 3.93. The van der Waals surface area contributed by atoms with E-state index < -0.39 is 0 Å². The van der Waals surface area contributed by atoms with Crippen LogP contribution >= 0.6 is 0 Å². The van der Waals surface area contributed by atoms with Gasteiger partial charge >= 0.3 is 0 Å². The molecule has 1 atom stereocenters. The Balaban J connectivity index is 1.67. The number of nitrogens with one attached hydrogen (secondary N) is 1. The number of ether oxygens (including phenoxy) is 1. The Hall–Kier alpha value is -2.82. The van der Waals surface area contributed by atoms with Crippen molar-refractivity contribution in [1.29, 1.82) is 0 Å². The van der Waals surface area contributed by atoms with Gasteiger partial charge in [-0.05, 0) is 56.2 Å². The normalized spacial score (nSPS) is 12.2. The lowest BCUT2D eigenvalue weighted by Gasteiger charge is -2.12. The average molecular weight is 355 g/mol. The first-order valence-corrected chi connectivity index (χ1v) is 8.58. The van der Waals surface area contributed by atoms with Gasteiger partial charge in [0.05, 0.1) is 13.2 Å². The first kappa shape index (κ1) is 18.0. The van der Waals surface area contributed by atoms with Crippen molar-refractivity contribution in [2.24, 2.45) is 0 Å². The quantitative estimate of drug-likeness (QED) is 0.697. The van der Waals surface area contributed by atoms with Gasteiger partial charge in [-0.3, -0.25) is 4.79 Å². The highest BCUT2D eigenvalue weighted by molar-refractivity contribution is 5.84. The van der Waals surface area contributed by atoms with Crippen molar-refractivity contribution in [3.05, 3.63) is 65.2 Å². The van der Waals surface area contributed by atoms with Crippen LogP contribution in [0.2, 0.25) is 0 Å². The van der Waals surface area contributed by atoms with Crippen LogP contribution in [-0.2, 0) is 11.2 Å². The standard InChI is InChI=1S/C21H22FNO3/c1-13-18-12-17(25-3)8-9-19(18)26-21(13)14(2)23-20(24)10-7-15-5-4-6-16(22)11-15/h4-6,8-9,11-12,14H,7,10H2,1-3H3,(H,23,24). The van der Waals surface area contributed by atoms with E-state index in [-0.39, 0.29) is 17.8 Å². The van der Waals surface area contributed by atoms with Crippen LogP contribution in [0.4, 0.5) is 4.39 Å². The molecule has 1 amide bonds. The topological polar surface area (TPSA) is 51.5 Å². The molecule has 0 aliphatic heterocycles. The molecule has 1 N–H and O–H groups in total. The number of carbonyl (C=O) groups excluding carboxylic acids is 1. The Morgan fingerprint density at radius 2 is 2.08 bits per heavy atom. The zero-order valence-electron chi connectivity index (χ0n) is 15.1. The molecule has 0 saturated carbocycles. The van der Waals surface area contributed by atoms with Crippen molar-refractivity contribution in [3.8, 4) is 5.75 Å². The fourth-order valence-electron chi connectivity index (χ4n) is 3.09. The Bertz CT molecular complexity index is 932. The molecule has 0 fully saturated rings. The molecule has 0 aliphatic rings. The molecule has 0 spiro atoms. The van der Waals surface area contributed by atoms with Crippen LogP contribution in [0.25, 0.3) is 11.0 Å². The molecule has 0 radical (unpaired) electrons. The summed E-state index contributed by atoms with van der Waals surface area (Å²) < 4.78 is 24.4. The highest BCUT2D eigenvalue weighted by atomic mass is 19.1. The van der Waals surface area contributed by atoms with Crippen LogP contribution in [0.15, 0.2) is 46.9 Å². The van der Waals surface area contributed by atoms with E-state index >= 15 is 0 Å². The molecule has 2 aromatic carbocycles. The minimum Gasteiger partial charge on any atom is -0.497 e. The van der Waals surface area contributed by atoms with E-state index in [1.807, 2.05) is 38.1 Å². The van der Waals surface area contributed by atoms with E-state index in [1.54, 1.807) is 13.2 Å². The van der Waals surface area contributed by atoms with Crippen molar-refractivity contribution >= 4 is 16.9 Å². The van der Waals surface area contributed by atoms with E-state index in [0.717, 1.165) is 33.6 Å². The molecule has 0 saturated heterocycles. The van der Waals surface area contributed by atoms with Crippen molar-refractivity contribution in [1.82, 2.24) is 5.32 Å². The number of fused-ring (bicyclic) bond motifs is 1. The number of hydrogen-bond donors (Lipinski definition) is 1. The van der Waals surface area contributed by atoms with Gasteiger partial charge in [-0.2, -0.15) is 0 Å². The van der Waals surface area contributed by atoms with Gasteiger partial charge in [-0.15, -0.1) is 0 Å². The summed E-state index contributed by atoms with van der Waals surface area (Å²) in [6, 6.07) is 11.7. The van der Waals surface area contributed by atoms with Crippen molar-refractivity contribution < 1.29 is 18.3 Å². The molecule has 0 bridgehead atoms. The van der Waals surface area contributed by atoms with E-state index in [9.17, 15) is 9.18 Å². The van der Waals surface area contributed by atoms with Gasteiger partial charge in [0, 0.05) is 17.4 Å². The van der Waals surface area contributed by atoms with Gasteiger partial charge < -0.3 is 14.5 Å². The number of benzene rings is 2. The van der Waals surface area contributed by atoms with Crippen LogP contribution in [0.1, 0.15) is 36.3 Å². The largest absolute Gasteiger partial charge is 0.497 e. The molecule has 3 aromatic rings. The fraction of sp³-hybridized carbons (Fsp3) is 0.286. The minimum absolute atomic E-state index is 0.0980. The summed E-state index contributed by atoms with van der Waals surface area (Å²) in [5.41, 5.74) is 2.55. The highest BCUT2D eigenvalue weighted by Gasteiger charge is 2.18. The third kappa shape index (κ3) is 3.87. The van der Waals surface area contributed by atoms with Crippen molar-refractivity contribution in [2.45, 2.75) is 32.7 Å². The lowest BCUT2D eigenvalue weighted by Crippen LogP contribution is -2.26. The zero-order chi connectivity index (χ0) is 18.7. The zero-order valence-corrected chi connectivity index (χ0v) is 15.1. The summed E-state index contributed by atoms with van der Waals surface area (Å²) in [7, 11) is 1.62. The summed E-state index contributed by atoms with van der Waals surface area (Å²) in [6.45, 7) is 3.86. The van der Waals surface area contributed by atoms with Crippen LogP contribution in [-0.4, -0.2) is 13.0 Å². The molecule has 1 heterocycles. The van der Waals surface area contributed by atoms with E-state index in [2.05, 4.69) is 5.32 Å². The van der Waals surface area contributed by atoms with Crippen LogP contribution in [0.3, 0.4) is 0 Å². The maximum absolute atomic E-state index is 13.2.